The standard InChI is InChI=1S/C13H21NO2/c1-9-7-11(10(2)16-9)12-8-14-13(3,4)5-6-15-12/h7,12,14H,5-6,8H2,1-4H3. The number of nitrogens with one attached hydrogen (secondary N) is 1. The van der Waals surface area contributed by atoms with Gasteiger partial charge in [0.05, 0.1) is 6.10 Å². The molecule has 0 aliphatic carbocycles. The molecule has 0 aromatic carbocycles. The van der Waals surface area contributed by atoms with Gasteiger partial charge in [-0.15, -0.1) is 0 Å². The minimum absolute atomic E-state index is 0.124. The second-order valence-corrected chi connectivity index (χ2v) is 5.24. The molecule has 1 atom stereocenters. The van der Waals surface area contributed by atoms with Crippen LogP contribution >= 0.6 is 0 Å². The third-order valence-corrected chi connectivity index (χ3v) is 3.24. The number of ether oxygens (including phenoxy) is 1. The van der Waals surface area contributed by atoms with E-state index in [9.17, 15) is 0 Å². The van der Waals surface area contributed by atoms with Crippen LogP contribution in [0.5, 0.6) is 0 Å². The van der Waals surface area contributed by atoms with E-state index in [1.807, 2.05) is 13.8 Å². The molecular formula is C13H21NO2. The molecule has 1 aromatic heterocycles. The summed E-state index contributed by atoms with van der Waals surface area (Å²) in [6.45, 7) is 10.1. The van der Waals surface area contributed by atoms with Gasteiger partial charge in [-0.25, -0.2) is 0 Å². The van der Waals surface area contributed by atoms with E-state index in [-0.39, 0.29) is 11.6 Å². The SMILES string of the molecule is Cc1cc(C2CNC(C)(C)CCO2)c(C)o1. The minimum Gasteiger partial charge on any atom is -0.466 e. The van der Waals surface area contributed by atoms with Crippen LogP contribution in [0.15, 0.2) is 10.5 Å². The molecule has 2 rings (SSSR count). The lowest BCUT2D eigenvalue weighted by atomic mass is 10.0. The first kappa shape index (κ1) is 11.7. The van der Waals surface area contributed by atoms with Gasteiger partial charge in [0.2, 0.25) is 0 Å². The Bertz CT molecular complexity index is 368. The van der Waals surface area contributed by atoms with Crippen molar-refractivity contribution in [3.05, 3.63) is 23.2 Å². The van der Waals surface area contributed by atoms with Crippen molar-refractivity contribution in [2.45, 2.75) is 45.8 Å². The van der Waals surface area contributed by atoms with E-state index in [0.29, 0.717) is 0 Å². The van der Waals surface area contributed by atoms with Crippen molar-refractivity contribution in [3.8, 4) is 0 Å². The lowest BCUT2D eigenvalue weighted by Gasteiger charge is -2.23. The van der Waals surface area contributed by atoms with E-state index in [1.54, 1.807) is 0 Å². The third kappa shape index (κ3) is 2.47. The van der Waals surface area contributed by atoms with E-state index in [1.165, 1.54) is 5.56 Å². The summed E-state index contributed by atoms with van der Waals surface area (Å²) in [7, 11) is 0. The average molecular weight is 223 g/mol. The zero-order chi connectivity index (χ0) is 11.8. The Labute approximate surface area is 97.2 Å². The average Bonchev–Trinajstić information content (AvgIpc) is 2.41. The monoisotopic (exact) mass is 223 g/mol. The Kier molecular flexibility index (Phi) is 3.08. The van der Waals surface area contributed by atoms with Crippen LogP contribution in [0.1, 0.15) is 43.5 Å². The molecule has 0 saturated carbocycles. The predicted molar refractivity (Wildman–Crippen MR) is 63.6 cm³/mol. The van der Waals surface area contributed by atoms with Crippen LogP contribution in [-0.4, -0.2) is 18.7 Å². The number of hydrogen-bond acceptors (Lipinski definition) is 3. The highest BCUT2D eigenvalue weighted by molar-refractivity contribution is 5.23. The fourth-order valence-corrected chi connectivity index (χ4v) is 2.14. The Morgan fingerprint density at radius 1 is 1.38 bits per heavy atom. The molecule has 0 bridgehead atoms. The summed E-state index contributed by atoms with van der Waals surface area (Å²) >= 11 is 0. The largest absolute Gasteiger partial charge is 0.466 e. The number of aryl methyl sites for hydroxylation is 2. The molecule has 0 spiro atoms. The summed E-state index contributed by atoms with van der Waals surface area (Å²) in [6, 6.07) is 2.08. The first-order chi connectivity index (χ1) is 7.48. The molecule has 1 unspecified atom stereocenters. The van der Waals surface area contributed by atoms with Crippen molar-refractivity contribution in [3.63, 3.8) is 0 Å². The summed E-state index contributed by atoms with van der Waals surface area (Å²) in [6.07, 6.45) is 1.17. The molecule has 1 aromatic rings. The van der Waals surface area contributed by atoms with Crippen molar-refractivity contribution in [1.29, 1.82) is 0 Å². The topological polar surface area (TPSA) is 34.4 Å². The zero-order valence-electron chi connectivity index (χ0n) is 10.6. The smallest absolute Gasteiger partial charge is 0.106 e. The molecule has 1 aliphatic rings. The van der Waals surface area contributed by atoms with Gasteiger partial charge in [0.25, 0.3) is 0 Å². The molecule has 0 amide bonds. The van der Waals surface area contributed by atoms with Gasteiger partial charge in [-0.2, -0.15) is 0 Å². The summed E-state index contributed by atoms with van der Waals surface area (Å²) in [5.74, 6) is 1.93. The van der Waals surface area contributed by atoms with Gasteiger partial charge in [-0.1, -0.05) is 0 Å². The lowest BCUT2D eigenvalue weighted by Crippen LogP contribution is -2.39. The van der Waals surface area contributed by atoms with Crippen LogP contribution in [0.25, 0.3) is 0 Å². The van der Waals surface area contributed by atoms with E-state index in [4.69, 9.17) is 9.15 Å². The van der Waals surface area contributed by atoms with Crippen molar-refractivity contribution in [2.24, 2.45) is 0 Å². The van der Waals surface area contributed by atoms with Crippen molar-refractivity contribution in [1.82, 2.24) is 5.32 Å². The van der Waals surface area contributed by atoms with Crippen molar-refractivity contribution in [2.75, 3.05) is 13.2 Å². The summed E-state index contributed by atoms with van der Waals surface area (Å²) < 4.78 is 11.4. The van der Waals surface area contributed by atoms with Gasteiger partial charge in [0, 0.05) is 24.3 Å². The molecule has 3 nitrogen and oxygen atoms in total. The van der Waals surface area contributed by atoms with Crippen LogP contribution in [0, 0.1) is 13.8 Å². The maximum absolute atomic E-state index is 5.90. The van der Waals surface area contributed by atoms with Gasteiger partial charge in [-0.3, -0.25) is 0 Å². The van der Waals surface area contributed by atoms with Crippen LogP contribution in [-0.2, 0) is 4.74 Å². The highest BCUT2D eigenvalue weighted by atomic mass is 16.5. The lowest BCUT2D eigenvalue weighted by molar-refractivity contribution is 0.0646. The van der Waals surface area contributed by atoms with Crippen LogP contribution in [0.2, 0.25) is 0 Å². The van der Waals surface area contributed by atoms with E-state index in [0.717, 1.165) is 31.1 Å². The summed E-state index contributed by atoms with van der Waals surface area (Å²) in [5.41, 5.74) is 1.35. The van der Waals surface area contributed by atoms with Crippen molar-refractivity contribution < 1.29 is 9.15 Å². The van der Waals surface area contributed by atoms with E-state index < -0.39 is 0 Å². The Morgan fingerprint density at radius 3 is 2.75 bits per heavy atom. The molecule has 2 heterocycles. The molecule has 1 aliphatic heterocycles. The fraction of sp³-hybridized carbons (Fsp3) is 0.692. The zero-order valence-corrected chi connectivity index (χ0v) is 10.6. The first-order valence-corrected chi connectivity index (χ1v) is 5.91. The van der Waals surface area contributed by atoms with Crippen LogP contribution in [0.4, 0.5) is 0 Å². The van der Waals surface area contributed by atoms with Gasteiger partial charge in [0.1, 0.15) is 11.5 Å². The normalized spacial score (nSPS) is 25.4. The number of hydrogen-bond donors (Lipinski definition) is 1. The maximum Gasteiger partial charge on any atom is 0.106 e. The molecule has 0 radical (unpaired) electrons. The van der Waals surface area contributed by atoms with Crippen LogP contribution < -0.4 is 5.32 Å². The first-order valence-electron chi connectivity index (χ1n) is 5.91. The highest BCUT2D eigenvalue weighted by Gasteiger charge is 2.26. The molecule has 1 fully saturated rings. The summed E-state index contributed by atoms with van der Waals surface area (Å²) in [4.78, 5) is 0. The fourth-order valence-electron chi connectivity index (χ4n) is 2.14. The predicted octanol–water partition coefficient (Wildman–Crippen LogP) is 2.73. The van der Waals surface area contributed by atoms with Crippen LogP contribution in [0.3, 0.4) is 0 Å². The van der Waals surface area contributed by atoms with Crippen molar-refractivity contribution >= 4 is 0 Å². The quantitative estimate of drug-likeness (QED) is 0.795. The number of rotatable bonds is 1. The third-order valence-electron chi connectivity index (χ3n) is 3.24. The van der Waals surface area contributed by atoms with Gasteiger partial charge in [0.15, 0.2) is 0 Å². The molecular weight excluding hydrogens is 202 g/mol. The Balaban J connectivity index is 2.13. The van der Waals surface area contributed by atoms with Gasteiger partial charge in [-0.05, 0) is 40.2 Å². The molecule has 1 N–H and O–H groups in total. The van der Waals surface area contributed by atoms with Gasteiger partial charge >= 0.3 is 0 Å². The Morgan fingerprint density at radius 2 is 2.12 bits per heavy atom. The second-order valence-electron chi connectivity index (χ2n) is 5.24. The van der Waals surface area contributed by atoms with E-state index in [2.05, 4.69) is 25.2 Å². The van der Waals surface area contributed by atoms with E-state index >= 15 is 0 Å². The Hall–Kier alpha value is -0.800. The number of furan rings is 1. The highest BCUT2D eigenvalue weighted by Crippen LogP contribution is 2.27. The maximum atomic E-state index is 5.90. The summed E-state index contributed by atoms with van der Waals surface area (Å²) in [5, 5.41) is 3.54. The second kappa shape index (κ2) is 4.22. The minimum atomic E-state index is 0.124. The molecule has 90 valence electrons. The van der Waals surface area contributed by atoms with Gasteiger partial charge < -0.3 is 14.5 Å². The molecule has 3 heteroatoms. The molecule has 1 saturated heterocycles. The molecule has 16 heavy (non-hydrogen) atoms.